The molecular formula is C23H20N2O2. The molecular weight excluding hydrogens is 336 g/mol. The highest BCUT2D eigenvalue weighted by molar-refractivity contribution is 6.01. The third-order valence-electron chi connectivity index (χ3n) is 4.80. The fraction of sp³-hybridized carbons (Fsp3) is 0.130. The van der Waals surface area contributed by atoms with E-state index in [0.29, 0.717) is 5.56 Å². The first-order valence-corrected chi connectivity index (χ1v) is 8.95. The van der Waals surface area contributed by atoms with Crippen molar-refractivity contribution in [1.82, 2.24) is 4.90 Å². The number of benzene rings is 3. The zero-order chi connectivity index (χ0) is 18.8. The predicted molar refractivity (Wildman–Crippen MR) is 106 cm³/mol. The molecule has 1 heterocycles. The monoisotopic (exact) mass is 356 g/mol. The lowest BCUT2D eigenvalue weighted by Crippen LogP contribution is -2.38. The van der Waals surface area contributed by atoms with Crippen molar-refractivity contribution < 1.29 is 9.59 Å². The Morgan fingerprint density at radius 3 is 2.33 bits per heavy atom. The van der Waals surface area contributed by atoms with E-state index in [0.717, 1.165) is 22.4 Å². The van der Waals surface area contributed by atoms with Crippen LogP contribution in [0.5, 0.6) is 0 Å². The van der Waals surface area contributed by atoms with Gasteiger partial charge in [0, 0.05) is 16.8 Å². The van der Waals surface area contributed by atoms with E-state index in [-0.39, 0.29) is 24.4 Å². The molecule has 0 aromatic heterocycles. The van der Waals surface area contributed by atoms with Crippen LogP contribution in [0.4, 0.5) is 5.69 Å². The Bertz CT molecular complexity index is 984. The standard InChI is InChI=1S/C23H20N2O2/c1-16-12-13-19-20(14-16)24-21(26)15-25(22(19)17-8-4-2-5-9-17)23(27)18-10-6-3-7-11-18/h2-14,22H,15H2,1H3,(H,24,26). The Kier molecular flexibility index (Phi) is 4.47. The van der Waals surface area contributed by atoms with Crippen LogP contribution >= 0.6 is 0 Å². The molecule has 0 saturated carbocycles. The molecule has 1 N–H and O–H groups in total. The van der Waals surface area contributed by atoms with Crippen molar-refractivity contribution >= 4 is 17.5 Å². The minimum Gasteiger partial charge on any atom is -0.324 e. The number of carbonyl (C=O) groups is 2. The van der Waals surface area contributed by atoms with Crippen molar-refractivity contribution in [2.75, 3.05) is 11.9 Å². The van der Waals surface area contributed by atoms with Gasteiger partial charge in [0.1, 0.15) is 6.54 Å². The minimum absolute atomic E-state index is 0.00101. The number of rotatable bonds is 2. The van der Waals surface area contributed by atoms with Gasteiger partial charge in [0.2, 0.25) is 5.91 Å². The minimum atomic E-state index is -0.339. The van der Waals surface area contributed by atoms with Crippen LogP contribution in [0.2, 0.25) is 0 Å². The zero-order valence-corrected chi connectivity index (χ0v) is 15.1. The molecule has 4 nitrogen and oxygen atoms in total. The lowest BCUT2D eigenvalue weighted by atomic mass is 9.94. The van der Waals surface area contributed by atoms with E-state index in [9.17, 15) is 9.59 Å². The van der Waals surface area contributed by atoms with E-state index in [1.54, 1.807) is 17.0 Å². The molecule has 1 aliphatic rings. The highest BCUT2D eigenvalue weighted by Crippen LogP contribution is 2.36. The maximum Gasteiger partial charge on any atom is 0.255 e. The number of nitrogens with zero attached hydrogens (tertiary/aromatic N) is 1. The Labute approximate surface area is 158 Å². The van der Waals surface area contributed by atoms with Gasteiger partial charge >= 0.3 is 0 Å². The number of fused-ring (bicyclic) bond motifs is 1. The molecule has 0 spiro atoms. The summed E-state index contributed by atoms with van der Waals surface area (Å²) < 4.78 is 0. The van der Waals surface area contributed by atoms with Gasteiger partial charge < -0.3 is 10.2 Å². The zero-order valence-electron chi connectivity index (χ0n) is 15.1. The van der Waals surface area contributed by atoms with Crippen molar-refractivity contribution in [3.8, 4) is 0 Å². The quantitative estimate of drug-likeness (QED) is 0.749. The summed E-state index contributed by atoms with van der Waals surface area (Å²) in [7, 11) is 0. The van der Waals surface area contributed by atoms with Gasteiger partial charge in [-0.1, -0.05) is 60.7 Å². The maximum atomic E-state index is 13.3. The molecule has 3 aromatic rings. The summed E-state index contributed by atoms with van der Waals surface area (Å²) >= 11 is 0. The SMILES string of the molecule is Cc1ccc2c(c1)NC(=O)CN(C(=O)c1ccccc1)C2c1ccccc1. The molecule has 3 aromatic carbocycles. The second-order valence-electron chi connectivity index (χ2n) is 6.75. The summed E-state index contributed by atoms with van der Waals surface area (Å²) in [5, 5.41) is 2.97. The Morgan fingerprint density at radius 2 is 1.63 bits per heavy atom. The number of amides is 2. The largest absolute Gasteiger partial charge is 0.324 e. The number of hydrogen-bond donors (Lipinski definition) is 1. The van der Waals surface area contributed by atoms with Crippen LogP contribution in [0.3, 0.4) is 0 Å². The number of nitrogens with one attached hydrogen (secondary N) is 1. The van der Waals surface area contributed by atoms with E-state index in [2.05, 4.69) is 5.32 Å². The van der Waals surface area contributed by atoms with Crippen LogP contribution in [0.25, 0.3) is 0 Å². The highest BCUT2D eigenvalue weighted by Gasteiger charge is 2.33. The van der Waals surface area contributed by atoms with Gasteiger partial charge in [-0.05, 0) is 36.2 Å². The van der Waals surface area contributed by atoms with Crippen LogP contribution in [0, 0.1) is 6.92 Å². The lowest BCUT2D eigenvalue weighted by molar-refractivity contribution is -0.117. The number of aryl methyl sites for hydroxylation is 1. The first kappa shape index (κ1) is 17.0. The first-order chi connectivity index (χ1) is 13.1. The molecule has 27 heavy (non-hydrogen) atoms. The molecule has 0 saturated heterocycles. The van der Waals surface area contributed by atoms with Crippen LogP contribution in [-0.2, 0) is 4.79 Å². The Balaban J connectivity index is 1.89. The fourth-order valence-electron chi connectivity index (χ4n) is 3.55. The summed E-state index contributed by atoms with van der Waals surface area (Å²) in [6.07, 6.45) is 0. The van der Waals surface area contributed by atoms with Crippen molar-refractivity contribution in [3.63, 3.8) is 0 Å². The fourth-order valence-corrected chi connectivity index (χ4v) is 3.55. The summed E-state index contributed by atoms with van der Waals surface area (Å²) in [6.45, 7) is 1.99. The molecule has 1 atom stereocenters. The average molecular weight is 356 g/mol. The molecule has 4 rings (SSSR count). The topological polar surface area (TPSA) is 49.4 Å². The summed E-state index contributed by atoms with van der Waals surface area (Å²) in [5.74, 6) is -0.349. The van der Waals surface area contributed by atoms with Crippen LogP contribution in [0.1, 0.15) is 33.1 Å². The smallest absolute Gasteiger partial charge is 0.255 e. The van der Waals surface area contributed by atoms with Crippen molar-refractivity contribution in [3.05, 3.63) is 101 Å². The van der Waals surface area contributed by atoms with Crippen LogP contribution in [-0.4, -0.2) is 23.3 Å². The number of anilines is 1. The Morgan fingerprint density at radius 1 is 0.963 bits per heavy atom. The summed E-state index contributed by atoms with van der Waals surface area (Å²) in [5.41, 5.74) is 4.29. The highest BCUT2D eigenvalue weighted by atomic mass is 16.2. The van der Waals surface area contributed by atoms with Gasteiger partial charge in [0.25, 0.3) is 5.91 Å². The van der Waals surface area contributed by atoms with Crippen molar-refractivity contribution in [2.24, 2.45) is 0 Å². The molecule has 0 fully saturated rings. The normalized spacial score (nSPS) is 16.3. The molecule has 1 unspecified atom stereocenters. The third-order valence-corrected chi connectivity index (χ3v) is 4.80. The van der Waals surface area contributed by atoms with Gasteiger partial charge in [0.05, 0.1) is 6.04 Å². The van der Waals surface area contributed by atoms with Gasteiger partial charge in [-0.25, -0.2) is 0 Å². The van der Waals surface area contributed by atoms with Gasteiger partial charge in [0.15, 0.2) is 0 Å². The van der Waals surface area contributed by atoms with Gasteiger partial charge in [-0.3, -0.25) is 9.59 Å². The molecule has 1 aliphatic heterocycles. The molecule has 0 bridgehead atoms. The van der Waals surface area contributed by atoms with Crippen LogP contribution in [0.15, 0.2) is 78.9 Å². The number of carbonyl (C=O) groups excluding carboxylic acids is 2. The van der Waals surface area contributed by atoms with E-state index >= 15 is 0 Å². The van der Waals surface area contributed by atoms with E-state index in [1.807, 2.05) is 73.7 Å². The molecule has 2 amide bonds. The predicted octanol–water partition coefficient (Wildman–Crippen LogP) is 4.18. The van der Waals surface area contributed by atoms with Crippen LogP contribution < -0.4 is 5.32 Å². The van der Waals surface area contributed by atoms with Crippen molar-refractivity contribution in [2.45, 2.75) is 13.0 Å². The second kappa shape index (κ2) is 7.08. The Hall–Kier alpha value is -3.40. The summed E-state index contributed by atoms with van der Waals surface area (Å²) in [4.78, 5) is 27.5. The molecule has 4 heteroatoms. The molecule has 134 valence electrons. The van der Waals surface area contributed by atoms with Gasteiger partial charge in [-0.2, -0.15) is 0 Å². The average Bonchev–Trinajstić information content (AvgIpc) is 2.84. The second-order valence-corrected chi connectivity index (χ2v) is 6.75. The molecule has 0 aliphatic carbocycles. The first-order valence-electron chi connectivity index (χ1n) is 8.95. The van der Waals surface area contributed by atoms with Crippen molar-refractivity contribution in [1.29, 1.82) is 0 Å². The van der Waals surface area contributed by atoms with Gasteiger partial charge in [-0.15, -0.1) is 0 Å². The van der Waals surface area contributed by atoms with E-state index in [1.165, 1.54) is 0 Å². The summed E-state index contributed by atoms with van der Waals surface area (Å²) in [6, 6.07) is 24.6. The van der Waals surface area contributed by atoms with E-state index < -0.39 is 0 Å². The third kappa shape index (κ3) is 3.34. The molecule has 0 radical (unpaired) electrons. The lowest BCUT2D eigenvalue weighted by Gasteiger charge is -2.30. The van der Waals surface area contributed by atoms with E-state index in [4.69, 9.17) is 0 Å². The maximum absolute atomic E-state index is 13.3. The number of hydrogen-bond acceptors (Lipinski definition) is 2.